The molecule has 1 N–H and O–H groups in total. The summed E-state index contributed by atoms with van der Waals surface area (Å²) in [5.74, 6) is 0. The van der Waals surface area contributed by atoms with E-state index >= 15 is 0 Å². The Bertz CT molecular complexity index is 372. The lowest BCUT2D eigenvalue weighted by molar-refractivity contribution is 0.150. The molecule has 0 aromatic carbocycles. The highest BCUT2D eigenvalue weighted by Gasteiger charge is 2.12. The fourth-order valence-electron chi connectivity index (χ4n) is 2.47. The van der Waals surface area contributed by atoms with Crippen LogP contribution in [-0.2, 0) is 17.8 Å². The minimum absolute atomic E-state index is 0.768. The van der Waals surface area contributed by atoms with Gasteiger partial charge in [0, 0.05) is 71.9 Å². The first-order valence-electron chi connectivity index (χ1n) is 7.53. The summed E-state index contributed by atoms with van der Waals surface area (Å²) in [5.41, 5.74) is 1.35. The number of aromatic nitrogens is 1. The van der Waals surface area contributed by atoms with Crippen LogP contribution >= 0.6 is 0 Å². The van der Waals surface area contributed by atoms with Gasteiger partial charge in [0.25, 0.3) is 0 Å². The number of ether oxygens (including phenoxy) is 1. The molecule has 0 unspecified atom stereocenters. The number of hydrogen-bond acceptors (Lipinski definition) is 4. The Kier molecular flexibility index (Phi) is 6.53. The maximum Gasteiger partial charge on any atom is 0.0587 e. The third kappa shape index (κ3) is 5.25. The van der Waals surface area contributed by atoms with Crippen molar-refractivity contribution in [2.24, 2.45) is 0 Å². The average molecular weight is 280 g/mol. The molecule has 0 bridgehead atoms. The first-order valence-corrected chi connectivity index (χ1v) is 7.53. The van der Waals surface area contributed by atoms with Crippen LogP contribution in [0.4, 0.5) is 0 Å². The van der Waals surface area contributed by atoms with Gasteiger partial charge in [-0.1, -0.05) is 0 Å². The van der Waals surface area contributed by atoms with Crippen molar-refractivity contribution >= 4 is 0 Å². The van der Waals surface area contributed by atoms with E-state index in [9.17, 15) is 0 Å². The normalized spacial score (nSPS) is 17.7. The Hall–Kier alpha value is -0.880. The number of nitrogens with one attached hydrogen (secondary N) is 1. The van der Waals surface area contributed by atoms with Crippen molar-refractivity contribution in [1.29, 1.82) is 0 Å². The minimum Gasteiger partial charge on any atom is -0.383 e. The van der Waals surface area contributed by atoms with Crippen LogP contribution < -0.4 is 5.32 Å². The summed E-state index contributed by atoms with van der Waals surface area (Å²) in [4.78, 5) is 4.95. The molecule has 0 radical (unpaired) electrons. The predicted molar refractivity (Wildman–Crippen MR) is 82.0 cm³/mol. The molecular weight excluding hydrogens is 252 g/mol. The second-order valence-electron chi connectivity index (χ2n) is 5.57. The van der Waals surface area contributed by atoms with E-state index in [1.54, 1.807) is 7.11 Å². The first-order chi connectivity index (χ1) is 9.78. The zero-order valence-corrected chi connectivity index (χ0v) is 12.8. The molecule has 5 nitrogen and oxygen atoms in total. The molecule has 0 saturated carbocycles. The van der Waals surface area contributed by atoms with E-state index in [-0.39, 0.29) is 0 Å². The summed E-state index contributed by atoms with van der Waals surface area (Å²) in [6.45, 7) is 9.62. The second kappa shape index (κ2) is 8.42. The lowest BCUT2D eigenvalue weighted by Gasteiger charge is -2.32. The van der Waals surface area contributed by atoms with Crippen LogP contribution in [0.3, 0.4) is 0 Å². The van der Waals surface area contributed by atoms with Gasteiger partial charge in [-0.2, -0.15) is 0 Å². The van der Waals surface area contributed by atoms with Crippen LogP contribution in [0, 0.1) is 0 Å². The Balaban J connectivity index is 1.65. The van der Waals surface area contributed by atoms with Gasteiger partial charge in [0.05, 0.1) is 6.61 Å². The van der Waals surface area contributed by atoms with Crippen molar-refractivity contribution in [2.75, 3.05) is 60.0 Å². The molecule has 0 spiro atoms. The lowest BCUT2D eigenvalue weighted by atomic mass is 10.3. The molecule has 20 heavy (non-hydrogen) atoms. The molecular formula is C15H28N4O. The summed E-state index contributed by atoms with van der Waals surface area (Å²) < 4.78 is 7.32. The lowest BCUT2D eigenvalue weighted by Crippen LogP contribution is -2.45. The van der Waals surface area contributed by atoms with Crippen LogP contribution in [0.1, 0.15) is 5.56 Å². The van der Waals surface area contributed by atoms with Gasteiger partial charge in [0.2, 0.25) is 0 Å². The fraction of sp³-hybridized carbons (Fsp3) is 0.733. The Morgan fingerprint density at radius 3 is 2.75 bits per heavy atom. The van der Waals surface area contributed by atoms with Gasteiger partial charge in [0.1, 0.15) is 0 Å². The van der Waals surface area contributed by atoms with Crippen molar-refractivity contribution in [2.45, 2.75) is 13.1 Å². The summed E-state index contributed by atoms with van der Waals surface area (Å²) in [7, 11) is 3.93. The quantitative estimate of drug-likeness (QED) is 0.702. The van der Waals surface area contributed by atoms with E-state index in [1.165, 1.54) is 31.7 Å². The second-order valence-corrected chi connectivity index (χ2v) is 5.57. The van der Waals surface area contributed by atoms with Crippen LogP contribution in [0.15, 0.2) is 18.5 Å². The summed E-state index contributed by atoms with van der Waals surface area (Å²) in [6, 6.07) is 2.20. The van der Waals surface area contributed by atoms with E-state index in [4.69, 9.17) is 4.74 Å². The van der Waals surface area contributed by atoms with Crippen molar-refractivity contribution in [1.82, 2.24) is 19.7 Å². The average Bonchev–Trinajstić information content (AvgIpc) is 2.91. The molecule has 0 aliphatic carbocycles. The summed E-state index contributed by atoms with van der Waals surface area (Å²) in [5, 5.41) is 3.37. The fourth-order valence-corrected chi connectivity index (χ4v) is 2.47. The minimum atomic E-state index is 0.768. The van der Waals surface area contributed by atoms with Crippen molar-refractivity contribution < 1.29 is 4.74 Å². The topological polar surface area (TPSA) is 32.7 Å². The van der Waals surface area contributed by atoms with E-state index in [0.717, 1.165) is 32.8 Å². The highest BCUT2D eigenvalue weighted by Crippen LogP contribution is 2.03. The monoisotopic (exact) mass is 280 g/mol. The highest BCUT2D eigenvalue weighted by molar-refractivity contribution is 5.09. The SMILES string of the molecule is COCCNCc1ccn(CCN2CCN(C)CC2)c1. The molecule has 0 amide bonds. The number of likely N-dealkylation sites (N-methyl/N-ethyl adjacent to an activating group) is 1. The van der Waals surface area contributed by atoms with Gasteiger partial charge in [-0.15, -0.1) is 0 Å². The molecule has 1 aromatic heterocycles. The molecule has 2 rings (SSSR count). The molecule has 1 aliphatic heterocycles. The Morgan fingerprint density at radius 2 is 2.00 bits per heavy atom. The van der Waals surface area contributed by atoms with Crippen LogP contribution in [0.2, 0.25) is 0 Å². The predicted octanol–water partition coefficient (Wildman–Crippen LogP) is 0.472. The number of piperazine rings is 1. The number of hydrogen-bond donors (Lipinski definition) is 1. The van der Waals surface area contributed by atoms with Gasteiger partial charge < -0.3 is 19.5 Å². The van der Waals surface area contributed by atoms with E-state index in [0.29, 0.717) is 0 Å². The number of nitrogens with zero attached hydrogens (tertiary/aromatic N) is 3. The molecule has 114 valence electrons. The van der Waals surface area contributed by atoms with E-state index in [1.807, 2.05) is 0 Å². The molecule has 5 heteroatoms. The molecule has 1 fully saturated rings. The van der Waals surface area contributed by atoms with Crippen LogP contribution in [0.5, 0.6) is 0 Å². The zero-order chi connectivity index (χ0) is 14.2. The van der Waals surface area contributed by atoms with Crippen molar-refractivity contribution in [3.63, 3.8) is 0 Å². The third-order valence-corrected chi connectivity index (χ3v) is 3.89. The number of rotatable bonds is 8. The van der Waals surface area contributed by atoms with Crippen molar-refractivity contribution in [3.8, 4) is 0 Å². The van der Waals surface area contributed by atoms with Gasteiger partial charge in [-0.05, 0) is 18.7 Å². The van der Waals surface area contributed by atoms with E-state index in [2.05, 4.69) is 45.2 Å². The number of methoxy groups -OCH3 is 1. The maximum absolute atomic E-state index is 5.02. The third-order valence-electron chi connectivity index (χ3n) is 3.89. The Labute approximate surface area is 122 Å². The smallest absolute Gasteiger partial charge is 0.0587 e. The molecule has 0 atom stereocenters. The summed E-state index contributed by atoms with van der Waals surface area (Å²) in [6.07, 6.45) is 4.43. The standard InChI is InChI=1S/C15H28N4O/c1-17-6-8-18(9-7-17)10-11-19-5-3-15(14-19)13-16-4-12-20-2/h3,5,14,16H,4,6-13H2,1-2H3. The Morgan fingerprint density at radius 1 is 1.20 bits per heavy atom. The molecule has 1 aromatic rings. The van der Waals surface area contributed by atoms with E-state index < -0.39 is 0 Å². The largest absolute Gasteiger partial charge is 0.383 e. The highest BCUT2D eigenvalue weighted by atomic mass is 16.5. The van der Waals surface area contributed by atoms with Crippen molar-refractivity contribution in [3.05, 3.63) is 24.0 Å². The van der Waals surface area contributed by atoms with Crippen LogP contribution in [-0.4, -0.2) is 74.4 Å². The van der Waals surface area contributed by atoms with Gasteiger partial charge in [0.15, 0.2) is 0 Å². The maximum atomic E-state index is 5.02. The van der Waals surface area contributed by atoms with Gasteiger partial charge >= 0.3 is 0 Å². The van der Waals surface area contributed by atoms with Gasteiger partial charge in [-0.3, -0.25) is 4.90 Å². The van der Waals surface area contributed by atoms with Gasteiger partial charge in [-0.25, -0.2) is 0 Å². The first kappa shape index (κ1) is 15.5. The molecule has 2 heterocycles. The summed E-state index contributed by atoms with van der Waals surface area (Å²) >= 11 is 0. The molecule has 1 saturated heterocycles. The molecule has 1 aliphatic rings. The van der Waals surface area contributed by atoms with Crippen LogP contribution in [0.25, 0.3) is 0 Å². The zero-order valence-electron chi connectivity index (χ0n) is 12.8.